The second-order valence-corrected chi connectivity index (χ2v) is 4.61. The van der Waals surface area contributed by atoms with Crippen LogP contribution in [0.4, 0.5) is 14.9 Å². The van der Waals surface area contributed by atoms with Gasteiger partial charge in [-0.25, -0.2) is 9.18 Å². The lowest BCUT2D eigenvalue weighted by atomic mass is 10.1. The first-order valence-corrected chi connectivity index (χ1v) is 5.50. The molecule has 4 nitrogen and oxygen atoms in total. The first-order chi connectivity index (χ1) is 7.96. The molecule has 1 heterocycles. The molecule has 1 aliphatic heterocycles. The summed E-state index contributed by atoms with van der Waals surface area (Å²) < 4.78 is 12.9. The fraction of sp³-hybridized carbons (Fsp3) is 0.417. The molecular weight excluding hydrogens is 223 g/mol. The maximum Gasteiger partial charge on any atom is 0.321 e. The zero-order valence-corrected chi connectivity index (χ0v) is 9.61. The summed E-state index contributed by atoms with van der Waals surface area (Å²) in [4.78, 5) is 13.3. The molecule has 1 atom stereocenters. The third-order valence-corrected chi connectivity index (χ3v) is 2.81. The first kappa shape index (κ1) is 11.9. The molecule has 5 heteroatoms. The van der Waals surface area contributed by atoms with Gasteiger partial charge >= 0.3 is 6.03 Å². The van der Waals surface area contributed by atoms with E-state index in [0.29, 0.717) is 25.2 Å². The van der Waals surface area contributed by atoms with Crippen LogP contribution in [0.25, 0.3) is 0 Å². The topological polar surface area (TPSA) is 52.6 Å². The van der Waals surface area contributed by atoms with Crippen molar-refractivity contribution >= 4 is 11.7 Å². The Labute approximate surface area is 99.0 Å². The van der Waals surface area contributed by atoms with Gasteiger partial charge in [-0.05, 0) is 31.5 Å². The van der Waals surface area contributed by atoms with E-state index in [1.165, 1.54) is 23.1 Å². The summed E-state index contributed by atoms with van der Waals surface area (Å²) in [5.41, 5.74) is -0.402. The van der Waals surface area contributed by atoms with E-state index >= 15 is 0 Å². The van der Waals surface area contributed by atoms with E-state index in [9.17, 15) is 14.3 Å². The second-order valence-electron chi connectivity index (χ2n) is 4.61. The van der Waals surface area contributed by atoms with Crippen LogP contribution in [-0.4, -0.2) is 34.7 Å². The Morgan fingerprint density at radius 2 is 2.35 bits per heavy atom. The zero-order chi connectivity index (χ0) is 12.5. The molecule has 0 aromatic heterocycles. The molecule has 1 saturated heterocycles. The van der Waals surface area contributed by atoms with E-state index in [1.807, 2.05) is 0 Å². The summed E-state index contributed by atoms with van der Waals surface area (Å²) in [5, 5.41) is 12.3. The third-order valence-electron chi connectivity index (χ3n) is 2.81. The van der Waals surface area contributed by atoms with Crippen LogP contribution in [-0.2, 0) is 0 Å². The number of β-amino-alcohol motifs (C(OH)–C–C–N with tert-alkyl or cyclic N) is 1. The van der Waals surface area contributed by atoms with E-state index in [4.69, 9.17) is 0 Å². The second kappa shape index (κ2) is 4.33. The lowest BCUT2D eigenvalue weighted by Gasteiger charge is -2.19. The predicted molar refractivity (Wildman–Crippen MR) is 62.2 cm³/mol. The summed E-state index contributed by atoms with van der Waals surface area (Å²) in [7, 11) is 0. The maximum absolute atomic E-state index is 12.9. The number of rotatable bonds is 1. The molecule has 0 radical (unpaired) electrons. The number of hydrogen-bond acceptors (Lipinski definition) is 2. The lowest BCUT2D eigenvalue weighted by Crippen LogP contribution is -2.36. The molecule has 1 unspecified atom stereocenters. The van der Waals surface area contributed by atoms with Crippen LogP contribution in [0.5, 0.6) is 0 Å². The van der Waals surface area contributed by atoms with Gasteiger partial charge in [0.1, 0.15) is 5.82 Å². The Balaban J connectivity index is 1.98. The molecule has 1 fully saturated rings. The molecule has 2 rings (SSSR count). The standard InChI is InChI=1S/C12H15FN2O2/c1-12(17)5-6-15(8-12)11(16)14-10-4-2-3-9(13)7-10/h2-4,7,17H,5-6,8H2,1H3,(H,14,16). The molecule has 1 aromatic rings. The van der Waals surface area contributed by atoms with Crippen molar-refractivity contribution in [3.63, 3.8) is 0 Å². The molecule has 2 N–H and O–H groups in total. The van der Waals surface area contributed by atoms with Crippen molar-refractivity contribution in [2.45, 2.75) is 18.9 Å². The van der Waals surface area contributed by atoms with Crippen molar-refractivity contribution in [3.8, 4) is 0 Å². The van der Waals surface area contributed by atoms with Gasteiger partial charge in [0.2, 0.25) is 0 Å². The fourth-order valence-electron chi connectivity index (χ4n) is 1.89. The molecule has 2 amide bonds. The number of carbonyl (C=O) groups is 1. The van der Waals surface area contributed by atoms with E-state index < -0.39 is 11.4 Å². The summed E-state index contributed by atoms with van der Waals surface area (Å²) >= 11 is 0. The third kappa shape index (κ3) is 2.94. The number of likely N-dealkylation sites (tertiary alicyclic amines) is 1. The van der Waals surface area contributed by atoms with E-state index in [0.717, 1.165) is 0 Å². The van der Waals surface area contributed by atoms with Crippen molar-refractivity contribution in [1.29, 1.82) is 0 Å². The van der Waals surface area contributed by atoms with Crippen molar-refractivity contribution in [2.75, 3.05) is 18.4 Å². The molecule has 1 aliphatic rings. The number of benzene rings is 1. The Hall–Kier alpha value is -1.62. The van der Waals surface area contributed by atoms with Crippen LogP contribution in [0.2, 0.25) is 0 Å². The Kier molecular flexibility index (Phi) is 3.02. The van der Waals surface area contributed by atoms with Crippen LogP contribution in [0.1, 0.15) is 13.3 Å². The summed E-state index contributed by atoms with van der Waals surface area (Å²) in [6.45, 7) is 2.50. The average Bonchev–Trinajstić information content (AvgIpc) is 2.59. The van der Waals surface area contributed by atoms with E-state index in [2.05, 4.69) is 5.32 Å². The Bertz CT molecular complexity index is 434. The van der Waals surface area contributed by atoms with Gasteiger partial charge in [-0.1, -0.05) is 6.07 Å². The number of carbonyl (C=O) groups excluding carboxylic acids is 1. The van der Waals surface area contributed by atoms with Crippen molar-refractivity contribution in [2.24, 2.45) is 0 Å². The molecule has 0 spiro atoms. The van der Waals surface area contributed by atoms with E-state index in [-0.39, 0.29) is 6.03 Å². The van der Waals surface area contributed by atoms with Crippen molar-refractivity contribution in [3.05, 3.63) is 30.1 Å². The van der Waals surface area contributed by atoms with Gasteiger partial charge in [-0.15, -0.1) is 0 Å². The minimum Gasteiger partial charge on any atom is -0.388 e. The Morgan fingerprint density at radius 1 is 1.59 bits per heavy atom. The maximum atomic E-state index is 12.9. The average molecular weight is 238 g/mol. The molecule has 1 aromatic carbocycles. The Morgan fingerprint density at radius 3 is 2.94 bits per heavy atom. The van der Waals surface area contributed by atoms with Crippen molar-refractivity contribution < 1.29 is 14.3 Å². The highest BCUT2D eigenvalue weighted by atomic mass is 19.1. The summed E-state index contributed by atoms with van der Waals surface area (Å²) in [6.07, 6.45) is 0.559. The number of hydrogen-bond donors (Lipinski definition) is 2. The van der Waals surface area contributed by atoms with Crippen LogP contribution in [0.3, 0.4) is 0 Å². The molecule has 92 valence electrons. The highest BCUT2D eigenvalue weighted by molar-refractivity contribution is 5.89. The number of urea groups is 1. The minimum absolute atomic E-state index is 0.300. The van der Waals surface area contributed by atoms with Crippen molar-refractivity contribution in [1.82, 2.24) is 4.90 Å². The van der Waals surface area contributed by atoms with Crippen LogP contribution < -0.4 is 5.32 Å². The first-order valence-electron chi connectivity index (χ1n) is 5.50. The normalized spacial score (nSPS) is 23.8. The summed E-state index contributed by atoms with van der Waals surface area (Å²) in [6, 6.07) is 5.41. The number of nitrogens with zero attached hydrogens (tertiary/aromatic N) is 1. The fourth-order valence-corrected chi connectivity index (χ4v) is 1.89. The van der Waals surface area contributed by atoms with E-state index in [1.54, 1.807) is 13.0 Å². The smallest absolute Gasteiger partial charge is 0.321 e. The van der Waals surface area contributed by atoms with Gasteiger partial charge in [0.25, 0.3) is 0 Å². The van der Waals surface area contributed by atoms with Gasteiger partial charge < -0.3 is 15.3 Å². The lowest BCUT2D eigenvalue weighted by molar-refractivity contribution is 0.0727. The molecule has 17 heavy (non-hydrogen) atoms. The van der Waals surface area contributed by atoms with Gasteiger partial charge in [0.05, 0.1) is 12.1 Å². The number of nitrogens with one attached hydrogen (secondary N) is 1. The van der Waals surface area contributed by atoms with Gasteiger partial charge in [-0.3, -0.25) is 0 Å². The quantitative estimate of drug-likeness (QED) is 0.784. The van der Waals surface area contributed by atoms with Crippen LogP contribution >= 0.6 is 0 Å². The van der Waals surface area contributed by atoms with Crippen LogP contribution in [0, 0.1) is 5.82 Å². The predicted octanol–water partition coefficient (Wildman–Crippen LogP) is 1.81. The van der Waals surface area contributed by atoms with Gasteiger partial charge in [0.15, 0.2) is 0 Å². The molecule has 0 aliphatic carbocycles. The van der Waals surface area contributed by atoms with Gasteiger partial charge in [0, 0.05) is 12.2 Å². The highest BCUT2D eigenvalue weighted by Gasteiger charge is 2.33. The SMILES string of the molecule is CC1(O)CCN(C(=O)Nc2cccc(F)c2)C1. The number of aliphatic hydroxyl groups is 1. The summed E-state index contributed by atoms with van der Waals surface area (Å²) in [5.74, 6) is -0.392. The monoisotopic (exact) mass is 238 g/mol. The zero-order valence-electron chi connectivity index (χ0n) is 9.61. The minimum atomic E-state index is -0.820. The number of amides is 2. The molecular formula is C12H15FN2O2. The van der Waals surface area contributed by atoms with Crippen LogP contribution in [0.15, 0.2) is 24.3 Å². The van der Waals surface area contributed by atoms with Gasteiger partial charge in [-0.2, -0.15) is 0 Å². The largest absolute Gasteiger partial charge is 0.388 e. The molecule has 0 bridgehead atoms. The number of anilines is 1. The molecule has 0 saturated carbocycles. The number of halogens is 1. The highest BCUT2D eigenvalue weighted by Crippen LogP contribution is 2.21.